The summed E-state index contributed by atoms with van der Waals surface area (Å²) in [5.41, 5.74) is 0.967. The van der Waals surface area contributed by atoms with E-state index < -0.39 is 28.5 Å². The van der Waals surface area contributed by atoms with Crippen molar-refractivity contribution in [1.82, 2.24) is 10.2 Å². The maximum atomic E-state index is 13.9. The highest BCUT2D eigenvalue weighted by atomic mass is 79.9. The molecule has 0 aliphatic heterocycles. The number of benzene rings is 3. The predicted molar refractivity (Wildman–Crippen MR) is 149 cm³/mol. The maximum absolute atomic E-state index is 13.9. The molecule has 0 fully saturated rings. The quantitative estimate of drug-likeness (QED) is 0.357. The van der Waals surface area contributed by atoms with E-state index in [4.69, 9.17) is 9.47 Å². The monoisotopic (exact) mass is 603 g/mol. The predicted octanol–water partition coefficient (Wildman–Crippen LogP) is 3.82. The molecule has 0 aromatic heterocycles. The molecule has 202 valence electrons. The van der Waals surface area contributed by atoms with Gasteiger partial charge < -0.3 is 19.7 Å². The summed E-state index contributed by atoms with van der Waals surface area (Å²) in [5.74, 6) is -0.176. The lowest BCUT2D eigenvalue weighted by Gasteiger charge is -2.32. The van der Waals surface area contributed by atoms with E-state index in [0.29, 0.717) is 5.75 Å². The fraction of sp³-hybridized carbons (Fsp3) is 0.259. The molecule has 3 aromatic carbocycles. The van der Waals surface area contributed by atoms with Gasteiger partial charge in [-0.25, -0.2) is 8.42 Å². The Kier molecular flexibility index (Phi) is 9.76. The number of amides is 2. The smallest absolute Gasteiger partial charge is 0.264 e. The molecule has 1 N–H and O–H groups in total. The van der Waals surface area contributed by atoms with E-state index in [-0.39, 0.29) is 28.8 Å². The number of sulfonamides is 1. The van der Waals surface area contributed by atoms with Crippen LogP contribution in [0.3, 0.4) is 0 Å². The molecule has 1 atom stereocenters. The van der Waals surface area contributed by atoms with Crippen molar-refractivity contribution in [2.24, 2.45) is 0 Å². The summed E-state index contributed by atoms with van der Waals surface area (Å²) in [6.45, 7) is 1.14. The van der Waals surface area contributed by atoms with Crippen molar-refractivity contribution >= 4 is 43.5 Å². The Morgan fingerprint density at radius 3 is 2.16 bits per heavy atom. The Balaban J connectivity index is 2.06. The Hall–Kier alpha value is -3.57. The fourth-order valence-electron chi connectivity index (χ4n) is 3.80. The van der Waals surface area contributed by atoms with Gasteiger partial charge in [0, 0.05) is 18.1 Å². The first-order valence-corrected chi connectivity index (χ1v) is 13.9. The van der Waals surface area contributed by atoms with Crippen LogP contribution in [0.2, 0.25) is 0 Å². The van der Waals surface area contributed by atoms with Crippen molar-refractivity contribution in [3.8, 4) is 11.5 Å². The first kappa shape index (κ1) is 29.0. The van der Waals surface area contributed by atoms with Gasteiger partial charge in [-0.15, -0.1) is 0 Å². The van der Waals surface area contributed by atoms with Gasteiger partial charge in [0.1, 0.15) is 24.1 Å². The van der Waals surface area contributed by atoms with Crippen LogP contribution in [-0.4, -0.2) is 59.0 Å². The van der Waals surface area contributed by atoms with Crippen molar-refractivity contribution < 1.29 is 27.5 Å². The van der Waals surface area contributed by atoms with Gasteiger partial charge in [-0.1, -0.05) is 40.2 Å². The SMILES string of the molecule is CNC(=O)C(C)N(Cc1ccc(Br)cc1)C(=O)CN(c1ccccc1OC)S(=O)(=O)c1ccc(OC)cc1. The van der Waals surface area contributed by atoms with Crippen molar-refractivity contribution in [2.45, 2.75) is 24.4 Å². The third-order valence-electron chi connectivity index (χ3n) is 5.96. The van der Waals surface area contributed by atoms with E-state index in [9.17, 15) is 18.0 Å². The molecule has 0 heterocycles. The van der Waals surface area contributed by atoms with Gasteiger partial charge in [0.25, 0.3) is 10.0 Å². The van der Waals surface area contributed by atoms with Gasteiger partial charge in [0.2, 0.25) is 11.8 Å². The average molecular weight is 605 g/mol. The van der Waals surface area contributed by atoms with Gasteiger partial charge in [-0.05, 0) is 61.0 Å². The number of rotatable bonds is 11. The van der Waals surface area contributed by atoms with E-state index >= 15 is 0 Å². The highest BCUT2D eigenvalue weighted by molar-refractivity contribution is 9.10. The van der Waals surface area contributed by atoms with Crippen LogP contribution in [0.4, 0.5) is 5.69 Å². The van der Waals surface area contributed by atoms with Gasteiger partial charge in [-0.2, -0.15) is 0 Å². The molecule has 2 amide bonds. The normalized spacial score (nSPS) is 11.8. The third-order valence-corrected chi connectivity index (χ3v) is 8.26. The third kappa shape index (κ3) is 6.65. The summed E-state index contributed by atoms with van der Waals surface area (Å²) in [4.78, 5) is 27.7. The molecule has 0 spiro atoms. The highest BCUT2D eigenvalue weighted by Gasteiger charge is 2.33. The fourth-order valence-corrected chi connectivity index (χ4v) is 5.49. The number of nitrogens with one attached hydrogen (secondary N) is 1. The number of carbonyl (C=O) groups is 2. The topological polar surface area (TPSA) is 105 Å². The second kappa shape index (κ2) is 12.8. The van der Waals surface area contributed by atoms with Gasteiger partial charge >= 0.3 is 0 Å². The summed E-state index contributed by atoms with van der Waals surface area (Å²) in [7, 11) is 0.162. The zero-order valence-electron chi connectivity index (χ0n) is 21.5. The van der Waals surface area contributed by atoms with Crippen LogP contribution in [-0.2, 0) is 26.2 Å². The first-order chi connectivity index (χ1) is 18.1. The summed E-state index contributed by atoms with van der Waals surface area (Å²) in [6.07, 6.45) is 0. The Bertz CT molecular complexity index is 1360. The Morgan fingerprint density at radius 2 is 1.58 bits per heavy atom. The number of nitrogens with zero attached hydrogens (tertiary/aromatic N) is 2. The number of para-hydroxylation sites is 2. The molecule has 3 rings (SSSR count). The minimum absolute atomic E-state index is 0.0317. The maximum Gasteiger partial charge on any atom is 0.264 e. The van der Waals surface area contributed by atoms with Crippen LogP contribution in [0.5, 0.6) is 11.5 Å². The number of carbonyl (C=O) groups excluding carboxylic acids is 2. The average Bonchev–Trinajstić information content (AvgIpc) is 2.94. The number of likely N-dealkylation sites (N-methyl/N-ethyl adjacent to an activating group) is 1. The molecule has 1 unspecified atom stereocenters. The van der Waals surface area contributed by atoms with Crippen LogP contribution < -0.4 is 19.1 Å². The minimum Gasteiger partial charge on any atom is -0.497 e. The molecular weight excluding hydrogens is 574 g/mol. The number of ether oxygens (including phenoxy) is 2. The largest absolute Gasteiger partial charge is 0.497 e. The molecule has 11 heteroatoms. The molecule has 38 heavy (non-hydrogen) atoms. The van der Waals surface area contributed by atoms with Crippen molar-refractivity contribution in [3.63, 3.8) is 0 Å². The van der Waals surface area contributed by atoms with Crippen LogP contribution in [0.15, 0.2) is 82.2 Å². The molecule has 0 saturated carbocycles. The molecule has 0 bridgehead atoms. The standard InChI is InChI=1S/C27H30BrN3O6S/c1-19(27(33)29-2)30(17-20-9-11-21(28)12-10-20)26(32)18-31(24-7-5-6-8-25(24)37-4)38(34,35)23-15-13-22(36-3)14-16-23/h5-16,19H,17-18H2,1-4H3,(H,29,33). The lowest BCUT2D eigenvalue weighted by Crippen LogP contribution is -2.50. The minimum atomic E-state index is -4.23. The first-order valence-electron chi connectivity index (χ1n) is 11.7. The summed E-state index contributed by atoms with van der Waals surface area (Å²) in [5, 5.41) is 2.56. The lowest BCUT2D eigenvalue weighted by atomic mass is 10.1. The van der Waals surface area contributed by atoms with Gasteiger partial charge in [0.15, 0.2) is 0 Å². The summed E-state index contributed by atoms with van der Waals surface area (Å²) < 4.78 is 40.2. The number of anilines is 1. The van der Waals surface area contributed by atoms with Crippen LogP contribution in [0.25, 0.3) is 0 Å². The molecule has 0 radical (unpaired) electrons. The molecule has 0 saturated heterocycles. The zero-order chi connectivity index (χ0) is 27.9. The lowest BCUT2D eigenvalue weighted by molar-refractivity contribution is -0.139. The van der Waals surface area contributed by atoms with E-state index in [1.807, 2.05) is 24.3 Å². The van der Waals surface area contributed by atoms with Crippen LogP contribution in [0.1, 0.15) is 12.5 Å². The number of halogens is 1. The second-order valence-electron chi connectivity index (χ2n) is 8.30. The Labute approximate surface area is 231 Å². The molecule has 3 aromatic rings. The van der Waals surface area contributed by atoms with Gasteiger partial charge in [-0.3, -0.25) is 13.9 Å². The van der Waals surface area contributed by atoms with Crippen LogP contribution >= 0.6 is 15.9 Å². The van der Waals surface area contributed by atoms with E-state index in [2.05, 4.69) is 21.2 Å². The molecule has 0 aliphatic carbocycles. The summed E-state index contributed by atoms with van der Waals surface area (Å²) in [6, 6.07) is 18.9. The molecular formula is C27H30BrN3O6S. The molecule has 0 aliphatic rings. The Morgan fingerprint density at radius 1 is 0.947 bits per heavy atom. The molecule has 9 nitrogen and oxygen atoms in total. The van der Waals surface area contributed by atoms with Crippen LogP contribution in [0, 0.1) is 0 Å². The number of methoxy groups -OCH3 is 2. The number of hydrogen-bond acceptors (Lipinski definition) is 6. The van der Waals surface area contributed by atoms with E-state index in [1.165, 1.54) is 50.4 Å². The second-order valence-corrected chi connectivity index (χ2v) is 11.1. The van der Waals surface area contributed by atoms with E-state index in [0.717, 1.165) is 14.3 Å². The van der Waals surface area contributed by atoms with Crippen molar-refractivity contribution in [1.29, 1.82) is 0 Å². The van der Waals surface area contributed by atoms with Gasteiger partial charge in [0.05, 0.1) is 24.8 Å². The zero-order valence-corrected chi connectivity index (χ0v) is 24.0. The van der Waals surface area contributed by atoms with Crippen molar-refractivity contribution in [2.75, 3.05) is 32.1 Å². The number of hydrogen-bond donors (Lipinski definition) is 1. The van der Waals surface area contributed by atoms with E-state index in [1.54, 1.807) is 31.2 Å². The van der Waals surface area contributed by atoms with Crippen molar-refractivity contribution in [3.05, 3.63) is 82.8 Å². The highest BCUT2D eigenvalue weighted by Crippen LogP contribution is 2.33. The summed E-state index contributed by atoms with van der Waals surface area (Å²) >= 11 is 3.39.